The predicted octanol–water partition coefficient (Wildman–Crippen LogP) is 2.35. The average molecular weight is 333 g/mol. The summed E-state index contributed by atoms with van der Waals surface area (Å²) < 4.78 is 0. The van der Waals surface area contributed by atoms with Crippen LogP contribution in [0.25, 0.3) is 12.2 Å². The summed E-state index contributed by atoms with van der Waals surface area (Å²) in [5, 5.41) is 2.85. The molecule has 5 nitrogen and oxygen atoms in total. The number of anilines is 1. The van der Waals surface area contributed by atoms with Gasteiger partial charge in [-0.3, -0.25) is 9.59 Å². The molecule has 4 rings (SSSR count). The van der Waals surface area contributed by atoms with Crippen molar-refractivity contribution in [1.29, 1.82) is 0 Å². The Morgan fingerprint density at radius 3 is 2.60 bits per heavy atom. The summed E-state index contributed by atoms with van der Waals surface area (Å²) in [7, 11) is 0. The Kier molecular flexibility index (Phi) is 3.86. The fourth-order valence-electron chi connectivity index (χ4n) is 3.45. The van der Waals surface area contributed by atoms with Crippen molar-refractivity contribution in [2.24, 2.45) is 5.73 Å². The molecular weight excluding hydrogens is 314 g/mol. The third kappa shape index (κ3) is 2.83. The molecule has 0 aliphatic carbocycles. The standard InChI is InChI=1S/C20H19N3O2/c21-16-10-11-23-18(16)19(24)22-17-9-8-14(12-15(17)20(23)25)7-6-13-4-2-1-3-5-13/h1-9,12,16,18H,10-11,21H2,(H,22,24)/t16-,18-/m0/s1. The molecule has 2 aromatic rings. The van der Waals surface area contributed by atoms with Gasteiger partial charge in [0.25, 0.3) is 5.91 Å². The van der Waals surface area contributed by atoms with Crippen molar-refractivity contribution in [3.05, 3.63) is 65.2 Å². The predicted molar refractivity (Wildman–Crippen MR) is 97.9 cm³/mol. The molecule has 5 heteroatoms. The van der Waals surface area contributed by atoms with E-state index in [4.69, 9.17) is 5.73 Å². The summed E-state index contributed by atoms with van der Waals surface area (Å²) >= 11 is 0. The lowest BCUT2D eigenvalue weighted by molar-refractivity contribution is -0.119. The van der Waals surface area contributed by atoms with E-state index in [2.05, 4.69) is 5.32 Å². The van der Waals surface area contributed by atoms with Gasteiger partial charge in [0.2, 0.25) is 5.91 Å². The van der Waals surface area contributed by atoms with Gasteiger partial charge in [0.05, 0.1) is 11.3 Å². The first-order valence-electron chi connectivity index (χ1n) is 8.38. The second kappa shape index (κ2) is 6.18. The Bertz CT molecular complexity index is 860. The van der Waals surface area contributed by atoms with Crippen molar-refractivity contribution in [1.82, 2.24) is 4.90 Å². The number of carbonyl (C=O) groups is 2. The van der Waals surface area contributed by atoms with Gasteiger partial charge in [-0.1, -0.05) is 48.6 Å². The van der Waals surface area contributed by atoms with Gasteiger partial charge in [-0.15, -0.1) is 0 Å². The molecule has 126 valence electrons. The van der Waals surface area contributed by atoms with Crippen LogP contribution in [0.2, 0.25) is 0 Å². The molecule has 2 aliphatic heterocycles. The van der Waals surface area contributed by atoms with Gasteiger partial charge >= 0.3 is 0 Å². The van der Waals surface area contributed by atoms with Gasteiger partial charge in [-0.2, -0.15) is 0 Å². The van der Waals surface area contributed by atoms with Crippen LogP contribution in [-0.2, 0) is 4.79 Å². The third-order valence-electron chi connectivity index (χ3n) is 4.77. The minimum absolute atomic E-state index is 0.138. The van der Waals surface area contributed by atoms with Crippen LogP contribution in [0.3, 0.4) is 0 Å². The zero-order valence-corrected chi connectivity index (χ0v) is 13.7. The molecular formula is C20H19N3O2. The van der Waals surface area contributed by atoms with Crippen LogP contribution in [0.5, 0.6) is 0 Å². The number of hydrogen-bond donors (Lipinski definition) is 2. The molecule has 0 saturated carbocycles. The fraction of sp³-hybridized carbons (Fsp3) is 0.200. The van der Waals surface area contributed by atoms with Gasteiger partial charge in [-0.05, 0) is 29.7 Å². The highest BCUT2D eigenvalue weighted by Gasteiger charge is 2.43. The third-order valence-corrected chi connectivity index (χ3v) is 4.77. The number of hydrogen-bond acceptors (Lipinski definition) is 3. The summed E-state index contributed by atoms with van der Waals surface area (Å²) in [5.74, 6) is -0.342. The van der Waals surface area contributed by atoms with E-state index in [0.717, 1.165) is 11.1 Å². The lowest BCUT2D eigenvalue weighted by atomic mass is 10.1. The molecule has 0 unspecified atom stereocenters. The molecule has 0 bridgehead atoms. The lowest BCUT2D eigenvalue weighted by Gasteiger charge is -2.22. The Hall–Kier alpha value is -2.92. The molecule has 0 spiro atoms. The fourth-order valence-corrected chi connectivity index (χ4v) is 3.45. The molecule has 2 heterocycles. The largest absolute Gasteiger partial charge is 0.325 e. The Morgan fingerprint density at radius 2 is 1.80 bits per heavy atom. The van der Waals surface area contributed by atoms with Crippen LogP contribution in [0.15, 0.2) is 48.5 Å². The number of nitrogens with two attached hydrogens (primary N) is 1. The van der Waals surface area contributed by atoms with E-state index in [1.165, 1.54) is 0 Å². The average Bonchev–Trinajstić information content (AvgIpc) is 2.98. The maximum Gasteiger partial charge on any atom is 0.256 e. The van der Waals surface area contributed by atoms with Crippen LogP contribution in [0.4, 0.5) is 5.69 Å². The van der Waals surface area contributed by atoms with Crippen molar-refractivity contribution in [2.45, 2.75) is 18.5 Å². The number of nitrogens with one attached hydrogen (secondary N) is 1. The van der Waals surface area contributed by atoms with E-state index in [0.29, 0.717) is 24.2 Å². The van der Waals surface area contributed by atoms with Crippen LogP contribution in [0, 0.1) is 0 Å². The zero-order valence-electron chi connectivity index (χ0n) is 13.7. The molecule has 2 aromatic carbocycles. The number of carbonyl (C=O) groups excluding carboxylic acids is 2. The van der Waals surface area contributed by atoms with E-state index in [1.54, 1.807) is 11.0 Å². The number of benzene rings is 2. The molecule has 2 atom stereocenters. The van der Waals surface area contributed by atoms with Crippen LogP contribution < -0.4 is 11.1 Å². The summed E-state index contributed by atoms with van der Waals surface area (Å²) in [6, 6.07) is 14.6. The van der Waals surface area contributed by atoms with Gasteiger partial charge in [-0.25, -0.2) is 0 Å². The number of nitrogens with zero attached hydrogens (tertiary/aromatic N) is 1. The van der Waals surface area contributed by atoms with E-state index >= 15 is 0 Å². The van der Waals surface area contributed by atoms with Crippen LogP contribution >= 0.6 is 0 Å². The molecule has 0 radical (unpaired) electrons. The smallest absolute Gasteiger partial charge is 0.256 e. The van der Waals surface area contributed by atoms with E-state index < -0.39 is 6.04 Å². The van der Waals surface area contributed by atoms with Gasteiger partial charge in [0.1, 0.15) is 6.04 Å². The first kappa shape index (κ1) is 15.6. The SMILES string of the molecule is N[C@H]1CCN2C(=O)c3cc(C=Cc4ccccc4)ccc3NC(=O)[C@H]12. The minimum atomic E-state index is -0.580. The highest BCUT2D eigenvalue weighted by molar-refractivity contribution is 6.10. The first-order chi connectivity index (χ1) is 12.1. The van der Waals surface area contributed by atoms with Crippen molar-refractivity contribution in [3.8, 4) is 0 Å². The van der Waals surface area contributed by atoms with Crippen LogP contribution in [-0.4, -0.2) is 35.3 Å². The topological polar surface area (TPSA) is 75.4 Å². The van der Waals surface area contributed by atoms with Crippen molar-refractivity contribution >= 4 is 29.7 Å². The number of amides is 2. The molecule has 1 fully saturated rings. The van der Waals surface area contributed by atoms with E-state index in [-0.39, 0.29) is 17.9 Å². The number of rotatable bonds is 2. The van der Waals surface area contributed by atoms with E-state index in [1.807, 2.05) is 54.6 Å². The quantitative estimate of drug-likeness (QED) is 0.829. The summed E-state index contributed by atoms with van der Waals surface area (Å²) in [6.07, 6.45) is 4.60. The van der Waals surface area contributed by atoms with E-state index in [9.17, 15) is 9.59 Å². The van der Waals surface area contributed by atoms with Crippen molar-refractivity contribution < 1.29 is 9.59 Å². The van der Waals surface area contributed by atoms with Crippen molar-refractivity contribution in [3.63, 3.8) is 0 Å². The Morgan fingerprint density at radius 1 is 1.04 bits per heavy atom. The highest BCUT2D eigenvalue weighted by atomic mass is 16.2. The Labute approximate surface area is 146 Å². The monoisotopic (exact) mass is 333 g/mol. The summed E-state index contributed by atoms with van der Waals surface area (Å²) in [6.45, 7) is 0.515. The van der Waals surface area contributed by atoms with Gasteiger partial charge < -0.3 is 16.0 Å². The normalized spacial score (nSPS) is 22.5. The van der Waals surface area contributed by atoms with Gasteiger partial charge in [0, 0.05) is 12.6 Å². The van der Waals surface area contributed by atoms with Crippen LogP contribution in [0.1, 0.15) is 27.9 Å². The minimum Gasteiger partial charge on any atom is -0.325 e. The second-order valence-electron chi connectivity index (χ2n) is 6.43. The first-order valence-corrected chi connectivity index (χ1v) is 8.38. The molecule has 0 aromatic heterocycles. The summed E-state index contributed by atoms with van der Waals surface area (Å²) in [5.41, 5.74) is 9.08. The summed E-state index contributed by atoms with van der Waals surface area (Å²) in [4.78, 5) is 26.9. The Balaban J connectivity index is 1.68. The molecule has 2 amide bonds. The zero-order chi connectivity index (χ0) is 17.4. The van der Waals surface area contributed by atoms with Crippen molar-refractivity contribution in [2.75, 3.05) is 11.9 Å². The molecule has 2 aliphatic rings. The highest BCUT2D eigenvalue weighted by Crippen LogP contribution is 2.29. The van der Waals surface area contributed by atoms with Gasteiger partial charge in [0.15, 0.2) is 0 Å². The maximum atomic E-state index is 12.9. The maximum absolute atomic E-state index is 12.9. The molecule has 1 saturated heterocycles. The molecule has 25 heavy (non-hydrogen) atoms. The number of fused-ring (bicyclic) bond motifs is 2. The molecule has 3 N–H and O–H groups in total. The second-order valence-corrected chi connectivity index (χ2v) is 6.43. The lowest BCUT2D eigenvalue weighted by Crippen LogP contribution is -2.48.